The van der Waals surface area contributed by atoms with Crippen molar-refractivity contribution in [1.82, 2.24) is 49.9 Å². The molecular weight excluding hydrogens is 1910 g/mol. The first-order valence-corrected chi connectivity index (χ1v) is 41.5. The minimum absolute atomic E-state index is 0. The van der Waals surface area contributed by atoms with Crippen LogP contribution in [0.4, 0.5) is 40.8 Å². The van der Waals surface area contributed by atoms with Crippen molar-refractivity contribution in [2.24, 2.45) is 10.7 Å². The number of nitrogens with zero attached hydrogens (tertiary/aromatic N) is 11. The maximum absolute atomic E-state index is 13.9. The number of fused-ring (bicyclic) bond motifs is 1. The minimum atomic E-state index is -1.14. The van der Waals surface area contributed by atoms with Gasteiger partial charge >= 0.3 is 16.6 Å². The molecule has 9 aliphatic heterocycles. The van der Waals surface area contributed by atoms with E-state index in [1.165, 1.54) is 16.6 Å². The predicted octanol–water partition coefficient (Wildman–Crippen LogP) is 9.66. The molecule has 5 aromatic heterocycles. The van der Waals surface area contributed by atoms with Gasteiger partial charge in [0.15, 0.2) is 11.3 Å². The molecular formula is C78H100AlBr5F4LiN17O14. The Bertz CT molecular complexity index is 4370. The molecule has 31 nitrogen and oxygen atoms in total. The van der Waals surface area contributed by atoms with Crippen LogP contribution in [0.15, 0.2) is 127 Å². The van der Waals surface area contributed by atoms with Crippen LogP contribution in [0, 0.1) is 18.3 Å². The van der Waals surface area contributed by atoms with Gasteiger partial charge < -0.3 is 59.8 Å². The van der Waals surface area contributed by atoms with Gasteiger partial charge in [0, 0.05) is 106 Å². The number of alkyl halides is 5. The van der Waals surface area contributed by atoms with E-state index in [1.54, 1.807) is 95.0 Å². The average molecular weight is 2010 g/mol. The number of ether oxygens (including phenoxy) is 4. The fraction of sp³-hybridized carbons (Fsp3) is 0.500. The topological polar surface area (TPSA) is 393 Å². The number of rotatable bonds is 19. The van der Waals surface area contributed by atoms with Gasteiger partial charge in [-0.2, -0.15) is 5.26 Å². The third-order valence-corrected chi connectivity index (χ3v) is 21.8. The van der Waals surface area contributed by atoms with Crippen molar-refractivity contribution >= 4 is 186 Å². The van der Waals surface area contributed by atoms with Crippen LogP contribution < -0.4 is 32.3 Å². The van der Waals surface area contributed by atoms with E-state index in [1.807, 2.05) is 50.8 Å². The number of Topliss-reactive ketones (excluding diaryl/α,β-unsaturated/α-hetero) is 1. The number of amides is 5. The standard InChI is InChI=1S/C14H16Br2FN3O2.C14H14BrFN4O2.C14H15BrFN3O3.C14H12N4O.C10H11BrFN3O.C4H10O2.C3H4O2.C2H5O.3CH4.Al.Li.H/c15-6-14(7-22-8-14)20-5-9(17)4-10(20)13(21)19-12-3-1-2-11(16)18-12;15-11-2-1-3-12(18-11)19-13(21)10-4-9(16)5-20(10)14(6-17)7-22-8-14;15-11-2-1-3-12(17-11)18-13(21)10-4-9(16)5-19(10)14(6-20)7-22-8-14;1-8-16-6-11(7-17-8)9-2-3-10-5-18-13(14(15)19)12(10)4-9;11-8-2-1-3-9(14-8)15-10(16)7-4-6(12)5-13-7;1-3-5-6-4-2;4-3-1-5-2-3;1-2-3;;;;;;/h1-3,9-10H,4-8H2,(H,18,19,21);1-3,9-10H,4-5,7-8H2,(H,18,19,21);1-3,6,9-10H,4-5,7-8H2,(H,17,18,21);2-4,6-7H,5H2,1H3,(H2,15,19);1-3,6-7,13H,4-5H2,(H,14,15,16);3-4H2,1-2H3;1-2H2;2H2,1H3;3*1H4;;;/q;;;;;;;-1;;;;+1;;/t3*9-,10+;;6-,7+;;;;;;;;;/m111.1........./s1. The van der Waals surface area contributed by atoms with Gasteiger partial charge in [-0.1, -0.05) is 74.6 Å². The fourth-order valence-electron chi connectivity index (χ4n) is 12.6. The number of ketones is 1. The average Bonchev–Trinajstić information content (AvgIpc) is 1.56. The second-order valence-electron chi connectivity index (χ2n) is 27.1. The molecule has 8 atom stereocenters. The minimum Gasteiger partial charge on any atom is -0.510 e. The molecule has 2 radical (unpaired) electrons. The van der Waals surface area contributed by atoms with E-state index in [0.717, 1.165) is 41.0 Å². The molecule has 15 rings (SSSR count). The molecule has 42 heteroatoms. The Morgan fingerprint density at radius 2 is 1.03 bits per heavy atom. The second kappa shape index (κ2) is 52.4. The first-order chi connectivity index (χ1) is 55.6. The van der Waals surface area contributed by atoms with Crippen molar-refractivity contribution in [1.29, 1.82) is 5.26 Å². The van der Waals surface area contributed by atoms with Crippen LogP contribution in [0.3, 0.4) is 0 Å². The van der Waals surface area contributed by atoms with E-state index in [0.29, 0.717) is 98.9 Å². The van der Waals surface area contributed by atoms with Gasteiger partial charge in [-0.15, -0.1) is 0 Å². The van der Waals surface area contributed by atoms with Crippen LogP contribution in [0.5, 0.6) is 0 Å². The molecule has 9 aliphatic rings. The number of aldehydes is 1. The monoisotopic (exact) mass is 2000 g/mol. The Hall–Kier alpha value is -6.44. The van der Waals surface area contributed by atoms with Crippen LogP contribution in [-0.4, -0.2) is 297 Å². The summed E-state index contributed by atoms with van der Waals surface area (Å²) in [6.07, 6.45) is 0.647. The molecule has 14 heterocycles. The summed E-state index contributed by atoms with van der Waals surface area (Å²) < 4.78 is 81.4. The summed E-state index contributed by atoms with van der Waals surface area (Å²) in [4.78, 5) is 125. The molecule has 120 heavy (non-hydrogen) atoms. The molecule has 0 bridgehead atoms. The molecule has 0 aliphatic carbocycles. The third kappa shape index (κ3) is 30.5. The number of halogens is 9. The Kier molecular flexibility index (Phi) is 46.2. The molecule has 1 aromatic carbocycles. The van der Waals surface area contributed by atoms with Gasteiger partial charge in [0.25, 0.3) is 5.91 Å². The first-order valence-electron chi connectivity index (χ1n) is 36.6. The van der Waals surface area contributed by atoms with Gasteiger partial charge in [0.1, 0.15) is 103 Å². The Morgan fingerprint density at radius 1 is 0.617 bits per heavy atom. The molecule has 0 spiro atoms. The summed E-state index contributed by atoms with van der Waals surface area (Å²) in [5, 5.41) is 23.6. The molecule has 8 fully saturated rings. The van der Waals surface area contributed by atoms with E-state index in [9.17, 15) is 56.4 Å². The number of anilines is 4. The van der Waals surface area contributed by atoms with Crippen LogP contribution >= 0.6 is 79.6 Å². The maximum atomic E-state index is 13.9. The summed E-state index contributed by atoms with van der Waals surface area (Å²) >= 11 is 17.9. The van der Waals surface area contributed by atoms with E-state index in [-0.39, 0.29) is 154 Å². The van der Waals surface area contributed by atoms with E-state index >= 15 is 0 Å². The number of aromatic nitrogens is 6. The SMILES string of the molecule is C.C.C.CCOOCC.CC[O][AlH].Cc1ncc(-c2ccc3c(c2)C(C(N)=O)=NC3)cn1.N#CC1(N2C[C@H](F)C[C@H]2C(=O)Nc2cccc(Br)n2)COC1.O=C(Nc1cccc(Br)n1)[C@@H]1C[C@@H](F)CN1.O=C(Nc1cccc(Br)n1)[C@@H]1C[C@@H](F)CN1C1(CBr)COC1.O=C1COC1.O=CC1(N2C[C@H](F)C[C@H]2C(=O)Nc2cccc(Br)n2)COC1.[Li]. The van der Waals surface area contributed by atoms with Crippen molar-refractivity contribution in [2.75, 3.05) is 125 Å². The molecule has 6 aromatic rings. The molecule has 5 amide bonds. The van der Waals surface area contributed by atoms with Crippen LogP contribution in [0.25, 0.3) is 11.1 Å². The van der Waals surface area contributed by atoms with Crippen molar-refractivity contribution in [3.63, 3.8) is 0 Å². The van der Waals surface area contributed by atoms with E-state index in [2.05, 4.69) is 165 Å². The molecule has 0 unspecified atom stereocenters. The van der Waals surface area contributed by atoms with Gasteiger partial charge in [-0.3, -0.25) is 48.5 Å². The van der Waals surface area contributed by atoms with E-state index in [4.69, 9.17) is 19.9 Å². The van der Waals surface area contributed by atoms with Gasteiger partial charge in [-0.25, -0.2) is 57.2 Å². The molecule has 648 valence electrons. The zero-order valence-corrected chi connectivity index (χ0v) is 74.0. The van der Waals surface area contributed by atoms with Crippen molar-refractivity contribution < 1.29 is 83.6 Å². The summed E-state index contributed by atoms with van der Waals surface area (Å²) in [6.45, 7) is 13.3. The van der Waals surface area contributed by atoms with Crippen LogP contribution in [0.2, 0.25) is 0 Å². The number of likely N-dealkylation sites (tertiary alicyclic amines) is 3. The number of carbonyl (C=O) groups excluding carboxylic acids is 7. The number of carbonyl (C=O) groups is 7. The summed E-state index contributed by atoms with van der Waals surface area (Å²) in [7, 11) is 0. The summed E-state index contributed by atoms with van der Waals surface area (Å²) in [6, 6.07) is 26.4. The van der Waals surface area contributed by atoms with Gasteiger partial charge in [-0.05, 0) is 157 Å². The molecule has 0 saturated carbocycles. The first kappa shape index (κ1) is 106. The third-order valence-electron chi connectivity index (χ3n) is 18.6. The quantitative estimate of drug-likeness (QED) is 0.00642. The number of nitriles is 1. The van der Waals surface area contributed by atoms with Crippen molar-refractivity contribution in [3.8, 4) is 17.2 Å². The largest absolute Gasteiger partial charge is 0.510 e. The Balaban J connectivity index is 0.000000300. The number of nitrogens with two attached hydrogens (primary N) is 1. The predicted molar refractivity (Wildman–Crippen MR) is 465 cm³/mol. The van der Waals surface area contributed by atoms with Crippen molar-refractivity contribution in [2.45, 2.75) is 148 Å². The van der Waals surface area contributed by atoms with Gasteiger partial charge in [0.05, 0.1) is 95.2 Å². The molecule has 8 saturated heterocycles. The Morgan fingerprint density at radius 3 is 1.37 bits per heavy atom. The normalized spacial score (nSPS) is 21.9. The number of benzene rings is 1. The number of aliphatic imine (C=N–C) groups is 1. The fourth-order valence-corrected chi connectivity index (χ4v) is 14.6. The number of aryl methyl sites for hydroxylation is 1. The number of pyridine rings is 4. The second-order valence-corrected chi connectivity index (χ2v) is 31.3. The summed E-state index contributed by atoms with van der Waals surface area (Å²) in [5.41, 5.74) is 7.31. The maximum Gasteiger partial charge on any atom is 0.394 e. The smallest absolute Gasteiger partial charge is 0.394 e. The zero-order chi connectivity index (χ0) is 84.1. The van der Waals surface area contributed by atoms with E-state index < -0.39 is 65.8 Å². The Labute approximate surface area is 758 Å². The number of nitrogens with one attached hydrogen (secondary N) is 5. The van der Waals surface area contributed by atoms with Crippen LogP contribution in [0.1, 0.15) is 85.7 Å². The summed E-state index contributed by atoms with van der Waals surface area (Å²) in [5.74, 6) is 0.951. The van der Waals surface area contributed by atoms with Gasteiger partial charge in [0.2, 0.25) is 23.6 Å². The molecule has 7 N–H and O–H groups in total. The van der Waals surface area contributed by atoms with Crippen molar-refractivity contribution in [3.05, 3.63) is 139 Å². The number of hydrogen-bond donors (Lipinski definition) is 6. The number of primary amides is 1. The zero-order valence-electron chi connectivity index (χ0n) is 64.7. The number of hydrogen-bond acceptors (Lipinski definition) is 26. The van der Waals surface area contributed by atoms with Crippen LogP contribution in [-0.2, 0) is 72.6 Å².